The largest absolute Gasteiger partial charge is 0.290 e. The van der Waals surface area contributed by atoms with Gasteiger partial charge < -0.3 is 0 Å². The van der Waals surface area contributed by atoms with Crippen molar-refractivity contribution < 1.29 is 9.18 Å². The molecule has 3 rings (SSSR count). The molecule has 0 radical (unpaired) electrons. The van der Waals surface area contributed by atoms with Crippen molar-refractivity contribution in [3.8, 4) is 0 Å². The van der Waals surface area contributed by atoms with Crippen molar-refractivity contribution in [2.75, 3.05) is 0 Å². The molecule has 0 amide bonds. The van der Waals surface area contributed by atoms with Crippen LogP contribution in [0.2, 0.25) is 0 Å². The van der Waals surface area contributed by atoms with E-state index in [1.165, 1.54) is 6.08 Å². The zero-order valence-electron chi connectivity index (χ0n) is 9.64. The van der Waals surface area contributed by atoms with E-state index in [-0.39, 0.29) is 0 Å². The van der Waals surface area contributed by atoms with Crippen LogP contribution in [-0.4, -0.2) is 5.78 Å². The molecule has 1 nitrogen and oxygen atoms in total. The minimum absolute atomic E-state index is 0.381. The Kier molecular flexibility index (Phi) is 2.37. The molecule has 2 heteroatoms. The summed E-state index contributed by atoms with van der Waals surface area (Å²) in [5, 5.41) is 0. The molecule has 1 aliphatic rings. The van der Waals surface area contributed by atoms with Gasteiger partial charge in [0.2, 0.25) is 11.5 Å². The third-order valence-corrected chi connectivity index (χ3v) is 3.26. The number of hydrogen-bond acceptors (Lipinski definition) is 1. The van der Waals surface area contributed by atoms with Crippen LogP contribution in [0.5, 0.6) is 0 Å². The maximum absolute atomic E-state index is 15.3. The van der Waals surface area contributed by atoms with Crippen LogP contribution in [0.15, 0.2) is 60.7 Å². The first-order valence-corrected chi connectivity index (χ1v) is 5.79. The Morgan fingerprint density at radius 2 is 1.50 bits per heavy atom. The topological polar surface area (TPSA) is 17.1 Å². The first-order valence-electron chi connectivity index (χ1n) is 5.79. The highest BCUT2D eigenvalue weighted by molar-refractivity contribution is 6.06. The van der Waals surface area contributed by atoms with Crippen LogP contribution in [-0.2, 0) is 10.5 Å². The number of hydrogen-bond donors (Lipinski definition) is 0. The lowest BCUT2D eigenvalue weighted by Gasteiger charge is -2.28. The van der Waals surface area contributed by atoms with E-state index in [0.29, 0.717) is 11.1 Å². The van der Waals surface area contributed by atoms with E-state index in [1.807, 2.05) is 18.2 Å². The van der Waals surface area contributed by atoms with Crippen molar-refractivity contribution in [2.45, 2.75) is 5.67 Å². The van der Waals surface area contributed by atoms with Crippen molar-refractivity contribution in [3.63, 3.8) is 0 Å². The Bertz CT molecular complexity index is 631. The molecule has 0 N–H and O–H groups in total. The molecule has 0 saturated heterocycles. The molecule has 0 bridgehead atoms. The van der Waals surface area contributed by atoms with Gasteiger partial charge in [-0.25, -0.2) is 4.39 Å². The highest BCUT2D eigenvalue weighted by atomic mass is 19.1. The highest BCUT2D eigenvalue weighted by Crippen LogP contribution is 2.40. The van der Waals surface area contributed by atoms with Crippen molar-refractivity contribution in [3.05, 3.63) is 77.4 Å². The third kappa shape index (κ3) is 1.42. The predicted molar refractivity (Wildman–Crippen MR) is 68.8 cm³/mol. The van der Waals surface area contributed by atoms with Gasteiger partial charge in [0.15, 0.2) is 0 Å². The lowest BCUT2D eigenvalue weighted by Crippen LogP contribution is -2.33. The van der Waals surface area contributed by atoms with Crippen LogP contribution in [0.4, 0.5) is 4.39 Å². The molecule has 0 unspecified atom stereocenters. The zero-order valence-corrected chi connectivity index (χ0v) is 9.64. The number of alkyl halides is 1. The van der Waals surface area contributed by atoms with Gasteiger partial charge in [-0.05, 0) is 11.6 Å². The summed E-state index contributed by atoms with van der Waals surface area (Å²) in [7, 11) is 0. The Morgan fingerprint density at radius 1 is 0.833 bits per heavy atom. The van der Waals surface area contributed by atoms with Crippen LogP contribution in [0.3, 0.4) is 0 Å². The van der Waals surface area contributed by atoms with Gasteiger partial charge in [0.1, 0.15) is 0 Å². The van der Waals surface area contributed by atoms with Gasteiger partial charge in [0.25, 0.3) is 0 Å². The molecule has 1 aliphatic carbocycles. The van der Waals surface area contributed by atoms with Crippen molar-refractivity contribution in [1.82, 2.24) is 0 Å². The summed E-state index contributed by atoms with van der Waals surface area (Å²) in [6.07, 6.45) is 2.98. The van der Waals surface area contributed by atoms with Gasteiger partial charge in [-0.2, -0.15) is 0 Å². The molecule has 18 heavy (non-hydrogen) atoms. The average molecular weight is 238 g/mol. The lowest BCUT2D eigenvalue weighted by atomic mass is 9.79. The van der Waals surface area contributed by atoms with Crippen molar-refractivity contribution in [1.29, 1.82) is 0 Å². The molecule has 88 valence electrons. The molecule has 0 saturated carbocycles. The summed E-state index contributed by atoms with van der Waals surface area (Å²) in [5.74, 6) is -0.521. The van der Waals surface area contributed by atoms with Crippen LogP contribution in [0.1, 0.15) is 16.7 Å². The quantitative estimate of drug-likeness (QED) is 0.743. The Balaban J connectivity index is 2.28. The molecule has 2 aromatic rings. The summed E-state index contributed by atoms with van der Waals surface area (Å²) >= 11 is 0. The number of rotatable bonds is 1. The van der Waals surface area contributed by atoms with E-state index in [4.69, 9.17) is 0 Å². The summed E-state index contributed by atoms with van der Waals surface area (Å²) in [5.41, 5.74) is -0.508. The van der Waals surface area contributed by atoms with Crippen LogP contribution in [0.25, 0.3) is 6.08 Å². The monoisotopic (exact) mass is 238 g/mol. The molecular weight excluding hydrogens is 227 g/mol. The van der Waals surface area contributed by atoms with E-state index in [9.17, 15) is 4.79 Å². The fraction of sp³-hybridized carbons (Fsp3) is 0.0625. The highest BCUT2D eigenvalue weighted by Gasteiger charge is 2.43. The average Bonchev–Trinajstić information content (AvgIpc) is 2.44. The van der Waals surface area contributed by atoms with E-state index >= 15 is 4.39 Å². The predicted octanol–water partition coefficient (Wildman–Crippen LogP) is 3.50. The molecule has 1 atom stereocenters. The SMILES string of the molecule is O=C1C=Cc2ccccc2[C@]1(F)c1ccccc1. The summed E-state index contributed by atoms with van der Waals surface area (Å²) in [4.78, 5) is 12.0. The lowest BCUT2D eigenvalue weighted by molar-refractivity contribution is -0.123. The third-order valence-electron chi connectivity index (χ3n) is 3.26. The molecular formula is C16H11FO. The Hall–Kier alpha value is -2.22. The first-order chi connectivity index (χ1) is 8.73. The van der Waals surface area contributed by atoms with Gasteiger partial charge >= 0.3 is 0 Å². The second-order valence-electron chi connectivity index (χ2n) is 4.31. The number of halogens is 1. The van der Waals surface area contributed by atoms with Crippen LogP contribution < -0.4 is 0 Å². The van der Waals surface area contributed by atoms with Gasteiger partial charge in [-0.3, -0.25) is 4.79 Å². The fourth-order valence-corrected chi connectivity index (χ4v) is 2.33. The van der Waals surface area contributed by atoms with Gasteiger partial charge in [0.05, 0.1) is 0 Å². The van der Waals surface area contributed by atoms with E-state index < -0.39 is 11.5 Å². The molecule has 0 spiro atoms. The standard InChI is InChI=1S/C16H11FO/c17-16(13-7-2-1-3-8-13)14-9-5-4-6-12(14)10-11-15(16)18/h1-11H/t16-/m1/s1. The number of benzene rings is 2. The smallest absolute Gasteiger partial charge is 0.223 e. The minimum atomic E-state index is -2.06. The van der Waals surface area contributed by atoms with E-state index in [1.54, 1.807) is 42.5 Å². The van der Waals surface area contributed by atoms with Crippen molar-refractivity contribution >= 4 is 11.9 Å². The van der Waals surface area contributed by atoms with Crippen LogP contribution >= 0.6 is 0 Å². The van der Waals surface area contributed by atoms with Crippen LogP contribution in [0, 0.1) is 0 Å². The first kappa shape index (κ1) is 10.9. The molecule has 0 aromatic heterocycles. The number of carbonyl (C=O) groups excluding carboxylic acids is 1. The van der Waals surface area contributed by atoms with Gasteiger partial charge in [-0.15, -0.1) is 0 Å². The summed E-state index contributed by atoms with van der Waals surface area (Å²) < 4.78 is 15.3. The molecule has 0 heterocycles. The maximum Gasteiger partial charge on any atom is 0.223 e. The second-order valence-corrected chi connectivity index (χ2v) is 4.31. The number of allylic oxidation sites excluding steroid dienone is 1. The van der Waals surface area contributed by atoms with Crippen molar-refractivity contribution in [2.24, 2.45) is 0 Å². The normalized spacial score (nSPS) is 21.7. The van der Waals surface area contributed by atoms with E-state index in [2.05, 4.69) is 0 Å². The number of carbonyl (C=O) groups is 1. The fourth-order valence-electron chi connectivity index (χ4n) is 2.33. The second kappa shape index (κ2) is 3.91. The Labute approximate surface area is 105 Å². The minimum Gasteiger partial charge on any atom is -0.290 e. The number of ketones is 1. The summed E-state index contributed by atoms with van der Waals surface area (Å²) in [6.45, 7) is 0. The number of fused-ring (bicyclic) bond motifs is 1. The molecule has 2 aromatic carbocycles. The Morgan fingerprint density at radius 3 is 2.28 bits per heavy atom. The zero-order chi connectivity index (χ0) is 12.6. The maximum atomic E-state index is 15.3. The molecule has 0 fully saturated rings. The molecule has 0 aliphatic heterocycles. The summed E-state index contributed by atoms with van der Waals surface area (Å²) in [6, 6.07) is 15.7. The van der Waals surface area contributed by atoms with E-state index in [0.717, 1.165) is 5.56 Å². The van der Waals surface area contributed by atoms with Gasteiger partial charge in [-0.1, -0.05) is 60.7 Å². The van der Waals surface area contributed by atoms with Gasteiger partial charge in [0, 0.05) is 11.1 Å².